The van der Waals surface area contributed by atoms with Gasteiger partial charge in [0.05, 0.1) is 12.2 Å². The van der Waals surface area contributed by atoms with Crippen molar-refractivity contribution < 1.29 is 14.3 Å². The molecular weight excluding hydrogens is 360 g/mol. The number of fused-ring (bicyclic) bond motifs is 1. The van der Waals surface area contributed by atoms with Crippen LogP contribution in [0, 0.1) is 0 Å². The number of nitrogens with one attached hydrogen (secondary N) is 1. The van der Waals surface area contributed by atoms with Crippen molar-refractivity contribution in [2.75, 3.05) is 18.5 Å². The summed E-state index contributed by atoms with van der Waals surface area (Å²) < 4.78 is 6.54. The third-order valence-electron chi connectivity index (χ3n) is 3.63. The lowest BCUT2D eigenvalue weighted by Gasteiger charge is -2.34. The van der Waals surface area contributed by atoms with Gasteiger partial charge in [0.2, 0.25) is 0 Å². The van der Waals surface area contributed by atoms with Crippen LogP contribution >= 0.6 is 15.9 Å². The zero-order chi connectivity index (χ0) is 16.4. The number of carbonyl (C=O) groups excluding carboxylic acids is 2. The number of anilines is 1. The smallest absolute Gasteiger partial charge is 0.262 e. The van der Waals surface area contributed by atoms with Gasteiger partial charge in [0, 0.05) is 17.1 Å². The lowest BCUT2D eigenvalue weighted by Crippen LogP contribution is -2.50. The highest BCUT2D eigenvalue weighted by atomic mass is 79.9. The number of halogens is 1. The summed E-state index contributed by atoms with van der Waals surface area (Å²) in [4.78, 5) is 26.4. The van der Waals surface area contributed by atoms with E-state index in [-0.39, 0.29) is 18.4 Å². The first-order chi connectivity index (χ1) is 11.1. The Hall–Kier alpha value is -2.34. The number of ether oxygens (including phenoxy) is 1. The average molecular weight is 375 g/mol. The van der Waals surface area contributed by atoms with E-state index < -0.39 is 6.10 Å². The number of carbonyl (C=O) groups is 2. The molecular formula is C17H15BrN2O3. The van der Waals surface area contributed by atoms with E-state index in [1.54, 1.807) is 36.2 Å². The Morgan fingerprint density at radius 3 is 2.74 bits per heavy atom. The SMILES string of the molecule is CNC(=O)[C@@H]1CN(C(=O)c2cccc(Br)c2)c2ccccc2O1. The van der Waals surface area contributed by atoms with Crippen molar-refractivity contribution in [3.05, 3.63) is 58.6 Å². The fourth-order valence-electron chi connectivity index (χ4n) is 2.50. The fraction of sp³-hybridized carbons (Fsp3) is 0.176. The molecule has 0 bridgehead atoms. The van der Waals surface area contributed by atoms with E-state index in [1.807, 2.05) is 24.3 Å². The summed E-state index contributed by atoms with van der Waals surface area (Å²) in [6.07, 6.45) is -0.731. The third-order valence-corrected chi connectivity index (χ3v) is 4.12. The van der Waals surface area contributed by atoms with Crippen LogP contribution in [0.4, 0.5) is 5.69 Å². The number of benzene rings is 2. The van der Waals surface area contributed by atoms with Gasteiger partial charge in [-0.05, 0) is 30.3 Å². The number of nitrogens with zero attached hydrogens (tertiary/aromatic N) is 1. The zero-order valence-corrected chi connectivity index (χ0v) is 14.0. The maximum absolute atomic E-state index is 12.9. The minimum atomic E-state index is -0.731. The molecule has 1 aliphatic heterocycles. The Labute approximate surface area is 142 Å². The molecule has 0 unspecified atom stereocenters. The Morgan fingerprint density at radius 2 is 2.00 bits per heavy atom. The molecule has 0 aliphatic carbocycles. The lowest BCUT2D eigenvalue weighted by molar-refractivity contribution is -0.127. The second-order valence-corrected chi connectivity index (χ2v) is 6.03. The Morgan fingerprint density at radius 1 is 1.22 bits per heavy atom. The summed E-state index contributed by atoms with van der Waals surface area (Å²) in [5.41, 5.74) is 1.21. The van der Waals surface area contributed by atoms with Crippen LogP contribution in [-0.4, -0.2) is 31.5 Å². The first kappa shape index (κ1) is 15.6. The van der Waals surface area contributed by atoms with E-state index in [4.69, 9.17) is 4.74 Å². The van der Waals surface area contributed by atoms with Gasteiger partial charge in [-0.3, -0.25) is 9.59 Å². The molecule has 1 aliphatic rings. The highest BCUT2D eigenvalue weighted by molar-refractivity contribution is 9.10. The van der Waals surface area contributed by atoms with Crippen LogP contribution in [0.5, 0.6) is 5.75 Å². The third kappa shape index (κ3) is 3.07. The second kappa shape index (κ2) is 6.42. The molecule has 23 heavy (non-hydrogen) atoms. The molecule has 0 radical (unpaired) electrons. The molecule has 118 valence electrons. The van der Waals surface area contributed by atoms with Crippen molar-refractivity contribution in [2.24, 2.45) is 0 Å². The van der Waals surface area contributed by atoms with Crippen LogP contribution in [0.2, 0.25) is 0 Å². The summed E-state index contributed by atoms with van der Waals surface area (Å²) in [6, 6.07) is 14.4. The maximum atomic E-state index is 12.9. The molecule has 0 spiro atoms. The number of para-hydroxylation sites is 2. The predicted molar refractivity (Wildman–Crippen MR) is 90.7 cm³/mol. The topological polar surface area (TPSA) is 58.6 Å². The highest BCUT2D eigenvalue weighted by Gasteiger charge is 2.33. The van der Waals surface area contributed by atoms with Crippen LogP contribution in [0.1, 0.15) is 10.4 Å². The molecule has 2 aromatic rings. The summed E-state index contributed by atoms with van der Waals surface area (Å²) >= 11 is 3.37. The van der Waals surface area contributed by atoms with E-state index in [2.05, 4.69) is 21.2 Å². The summed E-state index contributed by atoms with van der Waals surface area (Å²) in [6.45, 7) is 0.169. The van der Waals surface area contributed by atoms with Crippen molar-refractivity contribution >= 4 is 33.4 Å². The summed E-state index contributed by atoms with van der Waals surface area (Å²) in [7, 11) is 1.55. The first-order valence-corrected chi connectivity index (χ1v) is 7.94. The maximum Gasteiger partial charge on any atom is 0.262 e. The van der Waals surface area contributed by atoms with Crippen molar-refractivity contribution in [3.63, 3.8) is 0 Å². The Balaban J connectivity index is 1.99. The largest absolute Gasteiger partial charge is 0.477 e. The molecule has 0 saturated carbocycles. The van der Waals surface area contributed by atoms with Crippen LogP contribution < -0.4 is 15.0 Å². The van der Waals surface area contributed by atoms with Gasteiger partial charge in [-0.2, -0.15) is 0 Å². The normalized spacial score (nSPS) is 16.3. The van der Waals surface area contributed by atoms with E-state index in [1.165, 1.54) is 0 Å². The quantitative estimate of drug-likeness (QED) is 0.878. The second-order valence-electron chi connectivity index (χ2n) is 5.11. The molecule has 0 aromatic heterocycles. The average Bonchev–Trinajstić information content (AvgIpc) is 2.59. The van der Waals surface area contributed by atoms with Gasteiger partial charge in [0.1, 0.15) is 5.75 Å². The standard InChI is InChI=1S/C17H15BrN2O3/c1-19-16(21)15-10-20(13-7-2-3-8-14(13)23-15)17(22)11-5-4-6-12(18)9-11/h2-9,15H,10H2,1H3,(H,19,21)/t15-/m0/s1. The number of likely N-dealkylation sites (N-methyl/N-ethyl adjacent to an activating group) is 1. The van der Waals surface area contributed by atoms with Gasteiger partial charge < -0.3 is 15.0 Å². The van der Waals surface area contributed by atoms with Gasteiger partial charge in [-0.15, -0.1) is 0 Å². The van der Waals surface area contributed by atoms with Crippen molar-refractivity contribution in [1.29, 1.82) is 0 Å². The molecule has 0 fully saturated rings. The highest BCUT2D eigenvalue weighted by Crippen LogP contribution is 2.34. The van der Waals surface area contributed by atoms with Gasteiger partial charge in [-0.1, -0.05) is 34.1 Å². The van der Waals surface area contributed by atoms with Crippen LogP contribution in [0.3, 0.4) is 0 Å². The predicted octanol–water partition coefficient (Wildman–Crippen LogP) is 2.60. The van der Waals surface area contributed by atoms with Crippen molar-refractivity contribution in [3.8, 4) is 5.75 Å². The number of hydrogen-bond acceptors (Lipinski definition) is 3. The van der Waals surface area contributed by atoms with E-state index in [9.17, 15) is 9.59 Å². The first-order valence-electron chi connectivity index (χ1n) is 7.15. The minimum absolute atomic E-state index is 0.169. The molecule has 6 heteroatoms. The van der Waals surface area contributed by atoms with Crippen LogP contribution in [-0.2, 0) is 4.79 Å². The van der Waals surface area contributed by atoms with E-state index in [0.29, 0.717) is 17.0 Å². The Kier molecular flexibility index (Phi) is 4.34. The fourth-order valence-corrected chi connectivity index (χ4v) is 2.90. The molecule has 1 atom stereocenters. The Bertz CT molecular complexity index is 763. The zero-order valence-electron chi connectivity index (χ0n) is 12.5. The molecule has 5 nitrogen and oxygen atoms in total. The van der Waals surface area contributed by atoms with Crippen molar-refractivity contribution in [2.45, 2.75) is 6.10 Å². The molecule has 2 aromatic carbocycles. The van der Waals surface area contributed by atoms with Gasteiger partial charge in [0.15, 0.2) is 6.10 Å². The lowest BCUT2D eigenvalue weighted by atomic mass is 10.1. The molecule has 3 rings (SSSR count). The van der Waals surface area contributed by atoms with Crippen LogP contribution in [0.15, 0.2) is 53.0 Å². The summed E-state index contributed by atoms with van der Waals surface area (Å²) in [5.74, 6) is 0.0956. The number of rotatable bonds is 2. The van der Waals surface area contributed by atoms with E-state index in [0.717, 1.165) is 4.47 Å². The summed E-state index contributed by atoms with van der Waals surface area (Å²) in [5, 5.41) is 2.56. The van der Waals surface area contributed by atoms with Gasteiger partial charge >= 0.3 is 0 Å². The number of hydrogen-bond donors (Lipinski definition) is 1. The van der Waals surface area contributed by atoms with Gasteiger partial charge in [0.25, 0.3) is 11.8 Å². The van der Waals surface area contributed by atoms with Gasteiger partial charge in [-0.25, -0.2) is 0 Å². The molecule has 1 heterocycles. The molecule has 0 saturated heterocycles. The monoisotopic (exact) mass is 374 g/mol. The van der Waals surface area contributed by atoms with E-state index >= 15 is 0 Å². The molecule has 1 N–H and O–H groups in total. The van der Waals surface area contributed by atoms with Crippen LogP contribution in [0.25, 0.3) is 0 Å². The number of amides is 2. The van der Waals surface area contributed by atoms with Crippen molar-refractivity contribution in [1.82, 2.24) is 5.32 Å². The molecule has 2 amide bonds. The minimum Gasteiger partial charge on any atom is -0.477 e.